The second-order valence-corrected chi connectivity index (χ2v) is 4.48. The number of anilines is 1. The summed E-state index contributed by atoms with van der Waals surface area (Å²) in [6.45, 7) is 3.05. The maximum absolute atomic E-state index is 6.19. The molecule has 2 rings (SSSR count). The predicted octanol–water partition coefficient (Wildman–Crippen LogP) is 3.75. The Bertz CT molecular complexity index is 576. The average Bonchev–Trinajstić information content (AvgIpc) is 2.46. The van der Waals surface area contributed by atoms with E-state index in [1.165, 1.54) is 0 Å². The first kappa shape index (κ1) is 14.5. The second-order valence-electron chi connectivity index (χ2n) is 4.07. The topological polar surface area (TPSA) is 43.4 Å². The number of aromatic nitrogens is 1. The zero-order valence-electron chi connectivity index (χ0n) is 11.5. The molecule has 0 bridgehead atoms. The summed E-state index contributed by atoms with van der Waals surface area (Å²) in [6.07, 6.45) is 0. The third-order valence-electron chi connectivity index (χ3n) is 2.76. The highest BCUT2D eigenvalue weighted by Crippen LogP contribution is 2.27. The monoisotopic (exact) mass is 292 g/mol. The maximum atomic E-state index is 6.19. The Hall–Kier alpha value is -1.94. The standard InChI is InChI=1S/C15H17ClN2O2/c1-3-20-15-9-5-8-14(18-15)17-10-11-12(16)6-4-7-13(11)19-2/h4-9H,3,10H2,1-2H3,(H,17,18). The molecule has 1 aromatic carbocycles. The smallest absolute Gasteiger partial charge is 0.215 e. The lowest BCUT2D eigenvalue weighted by molar-refractivity contribution is 0.327. The molecule has 0 radical (unpaired) electrons. The molecule has 1 N–H and O–H groups in total. The Morgan fingerprint density at radius 2 is 2.00 bits per heavy atom. The first-order valence-corrected chi connectivity index (χ1v) is 6.77. The second kappa shape index (κ2) is 7.01. The average molecular weight is 293 g/mol. The van der Waals surface area contributed by atoms with Gasteiger partial charge in [-0.2, -0.15) is 4.98 Å². The van der Waals surface area contributed by atoms with Crippen LogP contribution in [0.1, 0.15) is 12.5 Å². The van der Waals surface area contributed by atoms with Crippen molar-refractivity contribution in [2.45, 2.75) is 13.5 Å². The summed E-state index contributed by atoms with van der Waals surface area (Å²) in [7, 11) is 1.63. The third kappa shape index (κ3) is 3.54. The van der Waals surface area contributed by atoms with Crippen LogP contribution in [0, 0.1) is 0 Å². The molecule has 0 fully saturated rings. The summed E-state index contributed by atoms with van der Waals surface area (Å²) in [4.78, 5) is 4.35. The largest absolute Gasteiger partial charge is 0.496 e. The van der Waals surface area contributed by atoms with Gasteiger partial charge in [0.15, 0.2) is 0 Å². The van der Waals surface area contributed by atoms with Gasteiger partial charge in [0.1, 0.15) is 11.6 Å². The van der Waals surface area contributed by atoms with E-state index in [1.807, 2.05) is 43.3 Å². The predicted molar refractivity (Wildman–Crippen MR) is 80.7 cm³/mol. The molecule has 5 heteroatoms. The summed E-state index contributed by atoms with van der Waals surface area (Å²) in [5, 5.41) is 3.88. The highest BCUT2D eigenvalue weighted by Gasteiger charge is 2.07. The van der Waals surface area contributed by atoms with Crippen molar-refractivity contribution in [2.24, 2.45) is 0 Å². The summed E-state index contributed by atoms with van der Waals surface area (Å²) in [5.74, 6) is 2.09. The van der Waals surface area contributed by atoms with Crippen molar-refractivity contribution in [1.29, 1.82) is 0 Å². The molecule has 0 spiro atoms. The Labute approximate surface area is 123 Å². The highest BCUT2D eigenvalue weighted by molar-refractivity contribution is 6.31. The van der Waals surface area contributed by atoms with Crippen molar-refractivity contribution in [3.63, 3.8) is 0 Å². The molecule has 0 aliphatic heterocycles. The Kier molecular flexibility index (Phi) is 5.07. The molecule has 0 unspecified atom stereocenters. The molecule has 1 heterocycles. The van der Waals surface area contributed by atoms with Gasteiger partial charge in [-0.15, -0.1) is 0 Å². The maximum Gasteiger partial charge on any atom is 0.215 e. The lowest BCUT2D eigenvalue weighted by Crippen LogP contribution is -2.04. The summed E-state index contributed by atoms with van der Waals surface area (Å²) in [6, 6.07) is 11.2. The molecular weight excluding hydrogens is 276 g/mol. The van der Waals surface area contributed by atoms with Crippen molar-refractivity contribution in [3.8, 4) is 11.6 Å². The van der Waals surface area contributed by atoms with Gasteiger partial charge in [-0.05, 0) is 25.1 Å². The minimum Gasteiger partial charge on any atom is -0.496 e. The minimum absolute atomic E-state index is 0.533. The van der Waals surface area contributed by atoms with Crippen LogP contribution in [0.2, 0.25) is 5.02 Å². The fourth-order valence-electron chi connectivity index (χ4n) is 1.82. The Morgan fingerprint density at radius 3 is 2.75 bits per heavy atom. The molecule has 106 valence electrons. The van der Waals surface area contributed by atoms with E-state index >= 15 is 0 Å². The number of halogens is 1. The Balaban J connectivity index is 2.10. The van der Waals surface area contributed by atoms with Crippen LogP contribution in [-0.2, 0) is 6.54 Å². The first-order valence-electron chi connectivity index (χ1n) is 6.39. The van der Waals surface area contributed by atoms with Crippen molar-refractivity contribution in [2.75, 3.05) is 19.0 Å². The van der Waals surface area contributed by atoms with Gasteiger partial charge in [-0.1, -0.05) is 23.7 Å². The van der Waals surface area contributed by atoms with Crippen LogP contribution in [-0.4, -0.2) is 18.7 Å². The number of methoxy groups -OCH3 is 1. The van der Waals surface area contributed by atoms with Gasteiger partial charge in [0.25, 0.3) is 0 Å². The van der Waals surface area contributed by atoms with Crippen LogP contribution in [0.5, 0.6) is 11.6 Å². The lowest BCUT2D eigenvalue weighted by Gasteiger charge is -2.12. The van der Waals surface area contributed by atoms with E-state index in [0.717, 1.165) is 17.1 Å². The van der Waals surface area contributed by atoms with E-state index in [2.05, 4.69) is 10.3 Å². The molecule has 0 amide bonds. The normalized spacial score (nSPS) is 10.2. The van der Waals surface area contributed by atoms with Crippen LogP contribution < -0.4 is 14.8 Å². The lowest BCUT2D eigenvalue weighted by atomic mass is 10.2. The van der Waals surface area contributed by atoms with Gasteiger partial charge in [0.2, 0.25) is 5.88 Å². The number of nitrogens with zero attached hydrogens (tertiary/aromatic N) is 1. The molecule has 0 aliphatic rings. The van der Waals surface area contributed by atoms with E-state index in [4.69, 9.17) is 21.1 Å². The zero-order chi connectivity index (χ0) is 14.4. The Morgan fingerprint density at radius 1 is 1.20 bits per heavy atom. The number of ether oxygens (including phenoxy) is 2. The SMILES string of the molecule is CCOc1cccc(NCc2c(Cl)cccc2OC)n1. The van der Waals surface area contributed by atoms with Gasteiger partial charge in [-0.25, -0.2) is 0 Å². The van der Waals surface area contributed by atoms with Gasteiger partial charge >= 0.3 is 0 Å². The quantitative estimate of drug-likeness (QED) is 0.880. The number of hydrogen-bond acceptors (Lipinski definition) is 4. The van der Waals surface area contributed by atoms with Crippen LogP contribution in [0.3, 0.4) is 0 Å². The molecule has 4 nitrogen and oxygen atoms in total. The van der Waals surface area contributed by atoms with Gasteiger partial charge < -0.3 is 14.8 Å². The number of benzene rings is 1. The third-order valence-corrected chi connectivity index (χ3v) is 3.11. The molecule has 0 saturated heterocycles. The van der Waals surface area contributed by atoms with Crippen molar-refractivity contribution < 1.29 is 9.47 Å². The number of nitrogens with one attached hydrogen (secondary N) is 1. The summed E-state index contributed by atoms with van der Waals surface area (Å²) in [5.41, 5.74) is 0.903. The van der Waals surface area contributed by atoms with E-state index in [1.54, 1.807) is 7.11 Å². The van der Waals surface area contributed by atoms with Gasteiger partial charge in [-0.3, -0.25) is 0 Å². The van der Waals surface area contributed by atoms with Crippen molar-refractivity contribution >= 4 is 17.4 Å². The zero-order valence-corrected chi connectivity index (χ0v) is 12.3. The molecule has 0 aliphatic carbocycles. The van der Waals surface area contributed by atoms with Crippen molar-refractivity contribution in [3.05, 3.63) is 47.0 Å². The summed E-state index contributed by atoms with van der Waals surface area (Å²) < 4.78 is 10.7. The van der Waals surface area contributed by atoms with E-state index in [0.29, 0.717) is 24.1 Å². The number of rotatable bonds is 6. The molecule has 0 atom stereocenters. The van der Waals surface area contributed by atoms with Gasteiger partial charge in [0.05, 0.1) is 13.7 Å². The first-order chi connectivity index (χ1) is 9.74. The molecule has 0 saturated carbocycles. The van der Waals surface area contributed by atoms with Crippen LogP contribution in [0.15, 0.2) is 36.4 Å². The molecule has 2 aromatic rings. The summed E-state index contributed by atoms with van der Waals surface area (Å²) >= 11 is 6.19. The molecule has 1 aromatic heterocycles. The molecule has 20 heavy (non-hydrogen) atoms. The molecular formula is C15H17ClN2O2. The van der Waals surface area contributed by atoms with Gasteiger partial charge in [0, 0.05) is 23.2 Å². The number of pyridine rings is 1. The minimum atomic E-state index is 0.533. The van der Waals surface area contributed by atoms with Crippen LogP contribution >= 0.6 is 11.6 Å². The number of hydrogen-bond donors (Lipinski definition) is 1. The van der Waals surface area contributed by atoms with Crippen LogP contribution in [0.4, 0.5) is 5.82 Å². The van der Waals surface area contributed by atoms with Crippen LogP contribution in [0.25, 0.3) is 0 Å². The fraction of sp³-hybridized carbons (Fsp3) is 0.267. The fourth-order valence-corrected chi connectivity index (χ4v) is 2.05. The van der Waals surface area contributed by atoms with E-state index in [-0.39, 0.29) is 0 Å². The highest BCUT2D eigenvalue weighted by atomic mass is 35.5. The van der Waals surface area contributed by atoms with Crippen molar-refractivity contribution in [1.82, 2.24) is 4.98 Å². The van der Waals surface area contributed by atoms with E-state index in [9.17, 15) is 0 Å². The van der Waals surface area contributed by atoms with E-state index < -0.39 is 0 Å².